The van der Waals surface area contributed by atoms with Crippen LogP contribution < -0.4 is 10.9 Å². The predicted molar refractivity (Wildman–Crippen MR) is 118 cm³/mol. The second-order valence-corrected chi connectivity index (χ2v) is 8.20. The number of fused-ring (bicyclic) bond motifs is 1. The fourth-order valence-electron chi connectivity index (χ4n) is 3.22. The smallest absolute Gasteiger partial charge is 0.348 e. The number of carbonyl (C=O) groups excluding carboxylic acids is 1. The summed E-state index contributed by atoms with van der Waals surface area (Å²) in [5, 5.41) is 3.83. The molecule has 6 nitrogen and oxygen atoms in total. The summed E-state index contributed by atoms with van der Waals surface area (Å²) < 4.78 is 5.09. The highest BCUT2D eigenvalue weighted by Gasteiger charge is 2.21. The van der Waals surface area contributed by atoms with Gasteiger partial charge in [-0.15, -0.1) is 11.3 Å². The molecule has 3 rings (SSSR count). The molecule has 2 aromatic heterocycles. The fraction of sp³-hybridized carbons (Fsp3) is 0.409. The van der Waals surface area contributed by atoms with E-state index in [-0.39, 0.29) is 11.6 Å². The van der Waals surface area contributed by atoms with Gasteiger partial charge in [-0.3, -0.25) is 4.79 Å². The number of rotatable bonds is 7. The molecule has 1 aromatic carbocycles. The minimum Gasteiger partial charge on any atom is -0.462 e. The largest absolute Gasteiger partial charge is 0.462 e. The minimum atomic E-state index is -0.415. The van der Waals surface area contributed by atoms with Gasteiger partial charge in [0.05, 0.1) is 18.0 Å². The first kappa shape index (κ1) is 21.0. The van der Waals surface area contributed by atoms with Crippen molar-refractivity contribution >= 4 is 33.2 Å². The number of anilines is 1. The number of nitrogens with zero attached hydrogens (tertiary/aromatic N) is 1. The molecule has 2 N–H and O–H groups in total. The van der Waals surface area contributed by atoms with Gasteiger partial charge in [-0.05, 0) is 56.4 Å². The van der Waals surface area contributed by atoms with Gasteiger partial charge in [-0.2, -0.15) is 0 Å². The number of aromatic amines is 1. The number of benzene rings is 1. The van der Waals surface area contributed by atoms with Crippen LogP contribution in [0.1, 0.15) is 72.7 Å². The number of H-pyrrole nitrogens is 1. The Labute approximate surface area is 174 Å². The van der Waals surface area contributed by atoms with Crippen molar-refractivity contribution in [1.29, 1.82) is 0 Å². The standard InChI is InChI=1S/C22H27N3O3S/c1-6-12(3)15-8-10-16(11-9-15)23-14(5)19-24-20(26)17-13(4)18(22(27)28-7-2)29-21(17)25-19/h8-12,14,23H,6-7H2,1-5H3,(H,24,25,26)/t12-,14+/m0/s1. The van der Waals surface area contributed by atoms with Crippen molar-refractivity contribution in [1.82, 2.24) is 9.97 Å². The van der Waals surface area contributed by atoms with E-state index in [1.165, 1.54) is 16.9 Å². The molecule has 29 heavy (non-hydrogen) atoms. The van der Waals surface area contributed by atoms with Gasteiger partial charge < -0.3 is 15.0 Å². The van der Waals surface area contributed by atoms with Crippen LogP contribution in [0.5, 0.6) is 0 Å². The monoisotopic (exact) mass is 413 g/mol. The molecule has 2 heterocycles. The molecule has 0 fully saturated rings. The summed E-state index contributed by atoms with van der Waals surface area (Å²) in [6, 6.07) is 8.13. The molecule has 0 saturated carbocycles. The van der Waals surface area contributed by atoms with Crippen molar-refractivity contribution in [3.63, 3.8) is 0 Å². The van der Waals surface area contributed by atoms with Crippen LogP contribution in [0.3, 0.4) is 0 Å². The first-order valence-electron chi connectivity index (χ1n) is 9.92. The fourth-order valence-corrected chi connectivity index (χ4v) is 4.30. The summed E-state index contributed by atoms with van der Waals surface area (Å²) >= 11 is 1.20. The minimum absolute atomic E-state index is 0.199. The van der Waals surface area contributed by atoms with E-state index in [1.54, 1.807) is 13.8 Å². The second-order valence-electron chi connectivity index (χ2n) is 7.21. The SMILES string of the molecule is CCOC(=O)c1sc2nc([C@@H](C)Nc3ccc([C@@H](C)CC)cc3)[nH]c(=O)c2c1C. The molecule has 0 bridgehead atoms. The molecule has 0 amide bonds. The Hall–Kier alpha value is -2.67. The summed E-state index contributed by atoms with van der Waals surface area (Å²) in [7, 11) is 0. The van der Waals surface area contributed by atoms with Crippen LogP contribution >= 0.6 is 11.3 Å². The topological polar surface area (TPSA) is 84.1 Å². The number of ether oxygens (including phenoxy) is 1. The highest BCUT2D eigenvalue weighted by molar-refractivity contribution is 7.20. The highest BCUT2D eigenvalue weighted by atomic mass is 32.1. The van der Waals surface area contributed by atoms with Gasteiger partial charge in [0.25, 0.3) is 5.56 Å². The van der Waals surface area contributed by atoms with Gasteiger partial charge in [-0.1, -0.05) is 26.0 Å². The van der Waals surface area contributed by atoms with Crippen molar-refractivity contribution in [3.05, 3.63) is 56.4 Å². The van der Waals surface area contributed by atoms with Crippen LogP contribution in [-0.4, -0.2) is 22.5 Å². The second kappa shape index (κ2) is 8.78. The number of hydrogen-bond acceptors (Lipinski definition) is 6. The molecule has 0 aliphatic carbocycles. The van der Waals surface area contributed by atoms with E-state index in [9.17, 15) is 9.59 Å². The zero-order valence-electron chi connectivity index (χ0n) is 17.5. The first-order valence-corrected chi connectivity index (χ1v) is 10.7. The van der Waals surface area contributed by atoms with E-state index in [2.05, 4.69) is 41.3 Å². The Morgan fingerprint density at radius 1 is 1.24 bits per heavy atom. The van der Waals surface area contributed by atoms with Crippen LogP contribution in [0.2, 0.25) is 0 Å². The van der Waals surface area contributed by atoms with Crippen molar-refractivity contribution in [2.24, 2.45) is 0 Å². The summed E-state index contributed by atoms with van der Waals surface area (Å²) in [6.45, 7) is 10.1. The van der Waals surface area contributed by atoms with Crippen LogP contribution in [0.15, 0.2) is 29.1 Å². The number of hydrogen-bond donors (Lipinski definition) is 2. The van der Waals surface area contributed by atoms with Crippen LogP contribution in [-0.2, 0) is 4.74 Å². The van der Waals surface area contributed by atoms with E-state index in [0.717, 1.165) is 12.1 Å². The third-order valence-corrected chi connectivity index (χ3v) is 6.33. The van der Waals surface area contributed by atoms with E-state index in [0.29, 0.717) is 39.0 Å². The lowest BCUT2D eigenvalue weighted by Gasteiger charge is -2.16. The normalized spacial score (nSPS) is 13.3. The van der Waals surface area contributed by atoms with Gasteiger partial charge in [0.1, 0.15) is 15.5 Å². The third-order valence-electron chi connectivity index (χ3n) is 5.17. The maximum Gasteiger partial charge on any atom is 0.348 e. The Bertz CT molecular complexity index is 1070. The summed E-state index contributed by atoms with van der Waals surface area (Å²) in [4.78, 5) is 33.2. The predicted octanol–water partition coefficient (Wildman–Crippen LogP) is 5.16. The van der Waals surface area contributed by atoms with Crippen LogP contribution in [0.25, 0.3) is 10.2 Å². The molecule has 0 aliphatic heterocycles. The molecule has 0 aliphatic rings. The van der Waals surface area contributed by atoms with E-state index in [4.69, 9.17) is 4.74 Å². The lowest BCUT2D eigenvalue weighted by Crippen LogP contribution is -2.17. The van der Waals surface area contributed by atoms with E-state index < -0.39 is 5.97 Å². The quantitative estimate of drug-likeness (QED) is 0.523. The number of nitrogens with one attached hydrogen (secondary N) is 2. The molecule has 0 saturated heterocycles. The molecule has 7 heteroatoms. The Morgan fingerprint density at radius 2 is 1.93 bits per heavy atom. The van der Waals surface area contributed by atoms with Crippen molar-refractivity contribution in [3.8, 4) is 0 Å². The molecule has 0 unspecified atom stereocenters. The number of thiophene rings is 1. The summed E-state index contributed by atoms with van der Waals surface area (Å²) in [6.07, 6.45) is 1.10. The Morgan fingerprint density at radius 3 is 2.55 bits per heavy atom. The van der Waals surface area contributed by atoms with Gasteiger partial charge >= 0.3 is 5.97 Å². The highest BCUT2D eigenvalue weighted by Crippen LogP contribution is 2.29. The van der Waals surface area contributed by atoms with Gasteiger partial charge in [0.15, 0.2) is 0 Å². The van der Waals surface area contributed by atoms with Crippen molar-refractivity contribution in [2.75, 3.05) is 11.9 Å². The molecule has 0 spiro atoms. The zero-order chi connectivity index (χ0) is 21.1. The molecule has 3 aromatic rings. The molecule has 0 radical (unpaired) electrons. The maximum atomic E-state index is 12.7. The van der Waals surface area contributed by atoms with Gasteiger partial charge in [-0.25, -0.2) is 9.78 Å². The lowest BCUT2D eigenvalue weighted by molar-refractivity contribution is 0.0531. The van der Waals surface area contributed by atoms with Crippen molar-refractivity contribution < 1.29 is 9.53 Å². The number of aromatic nitrogens is 2. The maximum absolute atomic E-state index is 12.7. The van der Waals surface area contributed by atoms with Crippen LogP contribution in [0.4, 0.5) is 5.69 Å². The summed E-state index contributed by atoms with van der Waals surface area (Å²) in [5.41, 5.74) is 2.64. The molecule has 2 atom stereocenters. The average molecular weight is 414 g/mol. The van der Waals surface area contributed by atoms with Gasteiger partial charge in [0, 0.05) is 5.69 Å². The number of carbonyl (C=O) groups is 1. The zero-order valence-corrected chi connectivity index (χ0v) is 18.3. The van der Waals surface area contributed by atoms with Crippen molar-refractivity contribution in [2.45, 2.75) is 53.0 Å². The first-order chi connectivity index (χ1) is 13.8. The molecular formula is C22H27N3O3S. The number of esters is 1. The van der Waals surface area contributed by atoms with E-state index in [1.807, 2.05) is 19.1 Å². The Balaban J connectivity index is 1.87. The third kappa shape index (κ3) is 4.34. The van der Waals surface area contributed by atoms with Crippen LogP contribution in [0, 0.1) is 6.92 Å². The number of aryl methyl sites for hydroxylation is 1. The molecular weight excluding hydrogens is 386 g/mol. The van der Waals surface area contributed by atoms with Gasteiger partial charge in [0.2, 0.25) is 0 Å². The Kier molecular flexibility index (Phi) is 6.37. The average Bonchev–Trinajstić information content (AvgIpc) is 3.05. The van der Waals surface area contributed by atoms with E-state index >= 15 is 0 Å². The molecule has 154 valence electrons. The lowest BCUT2D eigenvalue weighted by atomic mass is 9.98. The summed E-state index contributed by atoms with van der Waals surface area (Å²) in [5.74, 6) is 0.643.